The first-order valence-corrected chi connectivity index (χ1v) is 6.95. The molecular weight excluding hydrogens is 301 g/mol. The van der Waals surface area contributed by atoms with Crippen LogP contribution in [0.1, 0.15) is 30.6 Å². The van der Waals surface area contributed by atoms with E-state index in [1.54, 1.807) is 17.0 Å². The van der Waals surface area contributed by atoms with Gasteiger partial charge in [-0.1, -0.05) is 23.2 Å². The summed E-state index contributed by atoms with van der Waals surface area (Å²) in [6, 6.07) is 4.68. The van der Waals surface area contributed by atoms with E-state index < -0.39 is 0 Å². The predicted molar refractivity (Wildman–Crippen MR) is 79.3 cm³/mol. The molecule has 6 heteroatoms. The second-order valence-corrected chi connectivity index (χ2v) is 5.36. The van der Waals surface area contributed by atoms with E-state index in [4.69, 9.17) is 23.2 Å². The van der Waals surface area contributed by atoms with Gasteiger partial charge in [0.05, 0.1) is 23.6 Å². The van der Waals surface area contributed by atoms with Crippen LogP contribution in [0.2, 0.25) is 10.0 Å². The van der Waals surface area contributed by atoms with Gasteiger partial charge in [0.2, 0.25) is 0 Å². The zero-order chi connectivity index (χ0) is 15.3. The monoisotopic (exact) mass is 317 g/mol. The van der Waals surface area contributed by atoms with Crippen LogP contribution in [-0.2, 0) is 9.53 Å². The van der Waals surface area contributed by atoms with Crippen molar-refractivity contribution >= 4 is 35.1 Å². The van der Waals surface area contributed by atoms with E-state index >= 15 is 0 Å². The van der Waals surface area contributed by atoms with Gasteiger partial charge in [-0.15, -0.1) is 0 Å². The number of ether oxygens (including phenoxy) is 1. The maximum absolute atomic E-state index is 12.4. The van der Waals surface area contributed by atoms with Crippen LogP contribution in [0.15, 0.2) is 18.2 Å². The molecule has 1 rings (SSSR count). The van der Waals surface area contributed by atoms with Gasteiger partial charge in [-0.25, -0.2) is 0 Å². The zero-order valence-corrected chi connectivity index (χ0v) is 13.2. The molecule has 0 spiro atoms. The molecule has 0 fully saturated rings. The van der Waals surface area contributed by atoms with E-state index in [2.05, 4.69) is 4.74 Å². The summed E-state index contributed by atoms with van der Waals surface area (Å²) in [6.07, 6.45) is 0.155. The van der Waals surface area contributed by atoms with Gasteiger partial charge >= 0.3 is 5.97 Å². The predicted octanol–water partition coefficient (Wildman–Crippen LogP) is 3.41. The first kappa shape index (κ1) is 16.8. The third kappa shape index (κ3) is 4.39. The molecule has 1 amide bonds. The lowest BCUT2D eigenvalue weighted by atomic mass is 10.1. The lowest BCUT2D eigenvalue weighted by molar-refractivity contribution is -0.140. The fraction of sp³-hybridized carbons (Fsp3) is 0.429. The molecule has 0 unspecified atom stereocenters. The zero-order valence-electron chi connectivity index (χ0n) is 11.7. The van der Waals surface area contributed by atoms with Crippen molar-refractivity contribution in [3.05, 3.63) is 33.8 Å². The van der Waals surface area contributed by atoms with Crippen molar-refractivity contribution in [3.8, 4) is 0 Å². The van der Waals surface area contributed by atoms with Crippen LogP contribution in [0.5, 0.6) is 0 Å². The van der Waals surface area contributed by atoms with Crippen LogP contribution in [-0.4, -0.2) is 36.5 Å². The Morgan fingerprint density at radius 2 is 1.90 bits per heavy atom. The van der Waals surface area contributed by atoms with Gasteiger partial charge in [-0.3, -0.25) is 9.59 Å². The molecule has 0 N–H and O–H groups in total. The standard InChI is InChI=1S/C14H17Cl2NO3/c1-9(2)17(7-6-13(18)20-3)14(19)10-4-5-11(15)12(16)8-10/h4-5,8-9H,6-7H2,1-3H3. The minimum Gasteiger partial charge on any atom is -0.469 e. The highest BCUT2D eigenvalue weighted by Crippen LogP contribution is 2.23. The van der Waals surface area contributed by atoms with Crippen molar-refractivity contribution in [2.45, 2.75) is 26.3 Å². The Morgan fingerprint density at radius 1 is 1.25 bits per heavy atom. The highest BCUT2D eigenvalue weighted by molar-refractivity contribution is 6.42. The second-order valence-electron chi connectivity index (χ2n) is 4.55. The summed E-state index contributed by atoms with van der Waals surface area (Å²) in [4.78, 5) is 25.2. The Kier molecular flexibility index (Phi) is 6.30. The van der Waals surface area contributed by atoms with Crippen LogP contribution in [0, 0.1) is 0 Å². The first-order valence-electron chi connectivity index (χ1n) is 6.19. The number of hydrogen-bond acceptors (Lipinski definition) is 3. The Balaban J connectivity index is 2.88. The molecule has 1 aromatic carbocycles. The summed E-state index contributed by atoms with van der Waals surface area (Å²) < 4.78 is 4.59. The third-order valence-electron chi connectivity index (χ3n) is 2.84. The molecule has 0 saturated carbocycles. The molecule has 0 aliphatic rings. The molecule has 0 aromatic heterocycles. The van der Waals surface area contributed by atoms with Crippen LogP contribution < -0.4 is 0 Å². The van der Waals surface area contributed by atoms with Gasteiger partial charge in [0.15, 0.2) is 0 Å². The average Bonchev–Trinajstić information content (AvgIpc) is 2.41. The van der Waals surface area contributed by atoms with Gasteiger partial charge in [-0.2, -0.15) is 0 Å². The van der Waals surface area contributed by atoms with Crippen molar-refractivity contribution in [3.63, 3.8) is 0 Å². The normalized spacial score (nSPS) is 10.5. The van der Waals surface area contributed by atoms with E-state index in [-0.39, 0.29) is 24.3 Å². The number of methoxy groups -OCH3 is 1. The van der Waals surface area contributed by atoms with Crippen molar-refractivity contribution in [1.29, 1.82) is 0 Å². The molecule has 0 atom stereocenters. The summed E-state index contributed by atoms with van der Waals surface area (Å²) in [6.45, 7) is 4.06. The summed E-state index contributed by atoms with van der Waals surface area (Å²) in [5, 5.41) is 0.725. The molecule has 0 radical (unpaired) electrons. The van der Waals surface area contributed by atoms with Gasteiger partial charge in [-0.05, 0) is 32.0 Å². The van der Waals surface area contributed by atoms with Crippen molar-refractivity contribution in [2.75, 3.05) is 13.7 Å². The number of carbonyl (C=O) groups excluding carboxylic acids is 2. The maximum atomic E-state index is 12.4. The van der Waals surface area contributed by atoms with Gasteiger partial charge in [0, 0.05) is 18.2 Å². The number of amides is 1. The van der Waals surface area contributed by atoms with Crippen molar-refractivity contribution in [2.24, 2.45) is 0 Å². The molecule has 4 nitrogen and oxygen atoms in total. The number of halogens is 2. The quantitative estimate of drug-likeness (QED) is 0.782. The Morgan fingerprint density at radius 3 is 2.40 bits per heavy atom. The number of nitrogens with zero attached hydrogens (tertiary/aromatic N) is 1. The Hall–Kier alpha value is -1.26. The number of carbonyl (C=O) groups is 2. The summed E-state index contributed by atoms with van der Waals surface area (Å²) in [5.41, 5.74) is 0.443. The van der Waals surface area contributed by atoms with Gasteiger partial charge < -0.3 is 9.64 Å². The van der Waals surface area contributed by atoms with Gasteiger partial charge in [0.1, 0.15) is 0 Å². The molecule has 0 saturated heterocycles. The number of esters is 1. The lowest BCUT2D eigenvalue weighted by Gasteiger charge is -2.26. The van der Waals surface area contributed by atoms with E-state index in [1.165, 1.54) is 13.2 Å². The van der Waals surface area contributed by atoms with Crippen LogP contribution >= 0.6 is 23.2 Å². The summed E-state index contributed by atoms with van der Waals surface area (Å²) in [5.74, 6) is -0.542. The topological polar surface area (TPSA) is 46.6 Å². The molecule has 0 aliphatic heterocycles. The second kappa shape index (κ2) is 7.50. The molecule has 0 bridgehead atoms. The largest absolute Gasteiger partial charge is 0.469 e. The molecular formula is C14H17Cl2NO3. The van der Waals surface area contributed by atoms with Crippen LogP contribution in [0.25, 0.3) is 0 Å². The molecule has 1 aromatic rings. The third-order valence-corrected chi connectivity index (χ3v) is 3.57. The Labute approximate surface area is 128 Å². The minimum absolute atomic E-state index is 0.0402. The fourth-order valence-corrected chi connectivity index (χ4v) is 2.00. The number of rotatable bonds is 5. The van der Waals surface area contributed by atoms with Gasteiger partial charge in [0.25, 0.3) is 5.91 Å². The van der Waals surface area contributed by atoms with Crippen molar-refractivity contribution in [1.82, 2.24) is 4.90 Å². The minimum atomic E-state index is -0.349. The number of benzene rings is 1. The summed E-state index contributed by atoms with van der Waals surface area (Å²) >= 11 is 11.7. The lowest BCUT2D eigenvalue weighted by Crippen LogP contribution is -2.38. The van der Waals surface area contributed by atoms with E-state index in [1.807, 2.05) is 13.8 Å². The first-order chi connectivity index (χ1) is 9.36. The maximum Gasteiger partial charge on any atom is 0.307 e. The molecule has 20 heavy (non-hydrogen) atoms. The van der Waals surface area contributed by atoms with Crippen LogP contribution in [0.4, 0.5) is 0 Å². The highest BCUT2D eigenvalue weighted by atomic mass is 35.5. The van der Waals surface area contributed by atoms with E-state index in [0.29, 0.717) is 22.2 Å². The van der Waals surface area contributed by atoms with Crippen LogP contribution in [0.3, 0.4) is 0 Å². The smallest absolute Gasteiger partial charge is 0.307 e. The number of hydrogen-bond donors (Lipinski definition) is 0. The molecule has 0 heterocycles. The van der Waals surface area contributed by atoms with Crippen molar-refractivity contribution < 1.29 is 14.3 Å². The summed E-state index contributed by atoms with van der Waals surface area (Å²) in [7, 11) is 1.32. The Bertz CT molecular complexity index is 503. The van der Waals surface area contributed by atoms with E-state index in [9.17, 15) is 9.59 Å². The molecule has 0 aliphatic carbocycles. The average molecular weight is 318 g/mol. The SMILES string of the molecule is COC(=O)CCN(C(=O)c1ccc(Cl)c(Cl)c1)C(C)C. The highest BCUT2D eigenvalue weighted by Gasteiger charge is 2.20. The van der Waals surface area contributed by atoms with E-state index in [0.717, 1.165) is 0 Å². The molecule has 110 valence electrons. The fourth-order valence-electron chi connectivity index (χ4n) is 1.70.